The maximum absolute atomic E-state index is 13.3. The van der Waals surface area contributed by atoms with Crippen molar-refractivity contribution in [3.8, 4) is 11.5 Å². The van der Waals surface area contributed by atoms with Gasteiger partial charge in [-0.1, -0.05) is 12.1 Å². The van der Waals surface area contributed by atoms with Gasteiger partial charge >= 0.3 is 11.9 Å². The lowest BCUT2D eigenvalue weighted by Crippen LogP contribution is -2.54. The largest absolute Gasteiger partial charge is 0.490 e. The van der Waals surface area contributed by atoms with Gasteiger partial charge < -0.3 is 19.7 Å². The molecular weight excluding hydrogens is 488 g/mol. The summed E-state index contributed by atoms with van der Waals surface area (Å²) in [6.45, 7) is 5.10. The summed E-state index contributed by atoms with van der Waals surface area (Å²) >= 11 is 5.17. The predicted octanol–water partition coefficient (Wildman–Crippen LogP) is 2.81. The zero-order valence-corrected chi connectivity index (χ0v) is 20.0. The van der Waals surface area contributed by atoms with Crippen LogP contribution in [-0.4, -0.2) is 52.3 Å². The fourth-order valence-electron chi connectivity index (χ4n) is 3.47. The van der Waals surface area contributed by atoms with Crippen LogP contribution in [0.5, 0.6) is 11.5 Å². The van der Waals surface area contributed by atoms with E-state index in [1.807, 2.05) is 0 Å². The molecule has 2 aromatic carbocycles. The first-order valence-corrected chi connectivity index (χ1v) is 11.1. The molecule has 0 radical (unpaired) electrons. The van der Waals surface area contributed by atoms with Crippen molar-refractivity contribution in [2.24, 2.45) is 0 Å². The highest BCUT2D eigenvalue weighted by atomic mass is 32.1. The quantitative estimate of drug-likeness (QED) is 0.190. The molecule has 186 valence electrons. The first-order chi connectivity index (χ1) is 17.2. The number of carbonyl (C=O) groups is 4. The number of anilines is 1. The summed E-state index contributed by atoms with van der Waals surface area (Å²) in [5.41, 5.74) is 0.807. The summed E-state index contributed by atoms with van der Waals surface area (Å²) in [7, 11) is 0. The Bertz CT molecular complexity index is 1300. The van der Waals surface area contributed by atoms with E-state index in [-0.39, 0.29) is 40.0 Å². The van der Waals surface area contributed by atoms with Gasteiger partial charge in [-0.2, -0.15) is 0 Å². The summed E-state index contributed by atoms with van der Waals surface area (Å²) in [4.78, 5) is 49.4. The molecule has 3 rings (SSSR count). The van der Waals surface area contributed by atoms with Crippen LogP contribution in [0.25, 0.3) is 6.08 Å². The van der Waals surface area contributed by atoms with Gasteiger partial charge in [-0.3, -0.25) is 19.8 Å². The van der Waals surface area contributed by atoms with Crippen LogP contribution in [0.1, 0.15) is 28.4 Å². The third-order valence-electron chi connectivity index (χ3n) is 4.92. The Morgan fingerprint density at radius 3 is 2.56 bits per heavy atom. The second kappa shape index (κ2) is 11.3. The van der Waals surface area contributed by atoms with Gasteiger partial charge in [-0.15, -0.1) is 6.58 Å². The van der Waals surface area contributed by atoms with Crippen LogP contribution in [-0.2, 0) is 20.8 Å². The highest BCUT2D eigenvalue weighted by Gasteiger charge is 2.35. The van der Waals surface area contributed by atoms with E-state index >= 15 is 0 Å². The second-order valence-corrected chi connectivity index (χ2v) is 7.82. The van der Waals surface area contributed by atoms with Gasteiger partial charge in [0.2, 0.25) is 0 Å². The van der Waals surface area contributed by atoms with Crippen LogP contribution in [0.15, 0.2) is 54.6 Å². The average molecular weight is 511 g/mol. The zero-order valence-electron chi connectivity index (χ0n) is 19.1. The molecule has 0 spiro atoms. The van der Waals surface area contributed by atoms with Gasteiger partial charge in [0.15, 0.2) is 23.2 Å². The number of carboxylic acid groups (broad SMARTS) is 2. The number of nitrogens with one attached hydrogen (secondary N) is 1. The Morgan fingerprint density at radius 2 is 1.92 bits per heavy atom. The number of amides is 2. The number of thiocarbonyl (C=S) groups is 1. The highest BCUT2D eigenvalue weighted by molar-refractivity contribution is 7.80. The number of aromatic carboxylic acids is 1. The Hall–Kier alpha value is -4.51. The fourth-order valence-corrected chi connectivity index (χ4v) is 3.75. The minimum atomic E-state index is -1.18. The van der Waals surface area contributed by atoms with Gasteiger partial charge in [-0.25, -0.2) is 9.59 Å². The lowest BCUT2D eigenvalue weighted by molar-refractivity contribution is -0.139. The van der Waals surface area contributed by atoms with Crippen LogP contribution in [0.3, 0.4) is 0 Å². The number of ether oxygens (including phenoxy) is 2. The summed E-state index contributed by atoms with van der Waals surface area (Å²) in [5, 5.41) is 20.5. The molecule has 0 unspecified atom stereocenters. The van der Waals surface area contributed by atoms with Crippen molar-refractivity contribution in [2.45, 2.75) is 13.3 Å². The predicted molar refractivity (Wildman–Crippen MR) is 134 cm³/mol. The Balaban J connectivity index is 2.08. The van der Waals surface area contributed by atoms with E-state index in [0.717, 1.165) is 4.90 Å². The molecule has 36 heavy (non-hydrogen) atoms. The molecule has 11 heteroatoms. The molecule has 2 amide bonds. The molecule has 10 nitrogen and oxygen atoms in total. The lowest BCUT2D eigenvalue weighted by atomic mass is 10.0. The normalized spacial score (nSPS) is 14.4. The smallest absolute Gasteiger partial charge is 0.341 e. The number of nitrogens with zero attached hydrogens (tertiary/aromatic N) is 1. The van der Waals surface area contributed by atoms with Crippen LogP contribution >= 0.6 is 12.2 Å². The van der Waals surface area contributed by atoms with Gasteiger partial charge in [0.1, 0.15) is 5.57 Å². The maximum atomic E-state index is 13.3. The van der Waals surface area contributed by atoms with E-state index in [4.69, 9.17) is 26.8 Å². The summed E-state index contributed by atoms with van der Waals surface area (Å²) in [6, 6.07) is 8.73. The van der Waals surface area contributed by atoms with Crippen molar-refractivity contribution in [1.82, 2.24) is 5.32 Å². The molecule has 1 saturated heterocycles. The topological polar surface area (TPSA) is 142 Å². The van der Waals surface area contributed by atoms with Crippen molar-refractivity contribution in [3.63, 3.8) is 0 Å². The molecule has 0 aliphatic carbocycles. The second-order valence-electron chi connectivity index (χ2n) is 7.43. The zero-order chi connectivity index (χ0) is 26.4. The molecule has 1 heterocycles. The molecule has 1 fully saturated rings. The molecule has 0 saturated carbocycles. The summed E-state index contributed by atoms with van der Waals surface area (Å²) < 4.78 is 11.1. The molecule has 2 aromatic rings. The fraction of sp³-hybridized carbons (Fsp3) is 0.160. The van der Waals surface area contributed by atoms with Crippen molar-refractivity contribution in [2.75, 3.05) is 18.1 Å². The number of carbonyl (C=O) groups excluding carboxylic acids is 2. The number of hydrogen-bond donors (Lipinski definition) is 3. The molecule has 0 atom stereocenters. The van der Waals surface area contributed by atoms with E-state index in [1.54, 1.807) is 19.1 Å². The number of allylic oxidation sites excluding steroid dienone is 1. The molecule has 0 aromatic heterocycles. The molecule has 1 aliphatic rings. The monoisotopic (exact) mass is 510 g/mol. The molecular formula is C25H22N2O8S. The minimum absolute atomic E-state index is 0.0575. The van der Waals surface area contributed by atoms with Crippen molar-refractivity contribution >= 4 is 52.8 Å². The third-order valence-corrected chi connectivity index (χ3v) is 5.21. The van der Waals surface area contributed by atoms with Crippen LogP contribution in [0.4, 0.5) is 5.69 Å². The number of carboxylic acids is 2. The van der Waals surface area contributed by atoms with Crippen LogP contribution < -0.4 is 19.7 Å². The van der Waals surface area contributed by atoms with Gasteiger partial charge in [-0.05, 0) is 67.5 Å². The minimum Gasteiger partial charge on any atom is -0.490 e. The van der Waals surface area contributed by atoms with Crippen molar-refractivity contribution < 1.29 is 38.9 Å². The van der Waals surface area contributed by atoms with Crippen molar-refractivity contribution in [1.29, 1.82) is 0 Å². The lowest BCUT2D eigenvalue weighted by Gasteiger charge is -2.29. The SMILES string of the molecule is C=CCc1cc(/C=C2\C(=O)NC(=S)N(c3cccc(C(=O)O)c3)C2=O)cc(OCC)c1OCC(=O)O. The van der Waals surface area contributed by atoms with E-state index in [9.17, 15) is 24.3 Å². The van der Waals surface area contributed by atoms with E-state index in [0.29, 0.717) is 17.5 Å². The number of aliphatic carboxylic acids is 1. The maximum Gasteiger partial charge on any atom is 0.341 e. The van der Waals surface area contributed by atoms with E-state index in [2.05, 4.69) is 11.9 Å². The van der Waals surface area contributed by atoms with E-state index in [1.165, 1.54) is 36.4 Å². The number of hydrogen-bond acceptors (Lipinski definition) is 7. The Kier molecular flexibility index (Phi) is 8.18. The number of benzene rings is 2. The average Bonchev–Trinajstić information content (AvgIpc) is 2.81. The molecule has 3 N–H and O–H groups in total. The van der Waals surface area contributed by atoms with Crippen LogP contribution in [0.2, 0.25) is 0 Å². The highest BCUT2D eigenvalue weighted by Crippen LogP contribution is 2.35. The Morgan fingerprint density at radius 1 is 1.17 bits per heavy atom. The Labute approximate surface area is 211 Å². The van der Waals surface area contributed by atoms with Gasteiger partial charge in [0.05, 0.1) is 17.9 Å². The van der Waals surface area contributed by atoms with Gasteiger partial charge in [0.25, 0.3) is 11.8 Å². The van der Waals surface area contributed by atoms with E-state index < -0.39 is 30.4 Å². The molecule has 1 aliphatic heterocycles. The van der Waals surface area contributed by atoms with Crippen molar-refractivity contribution in [3.05, 3.63) is 71.3 Å². The number of rotatable bonds is 10. The standard InChI is InChI=1S/C25H22N2O8S/c1-3-6-15-9-14(11-19(34-4-2)21(15)35-13-20(28)29)10-18-22(30)26-25(36)27(23(18)31)17-8-5-7-16(12-17)24(32)33/h3,5,7-12H,1,4,6,13H2,2H3,(H,28,29)(H,32,33)(H,26,30,36)/b18-10+. The summed E-state index contributed by atoms with van der Waals surface area (Å²) in [5.74, 6) is -3.38. The first kappa shape index (κ1) is 26.1. The van der Waals surface area contributed by atoms with Crippen LogP contribution in [0, 0.1) is 0 Å². The summed E-state index contributed by atoms with van der Waals surface area (Å²) in [6.07, 6.45) is 3.22. The van der Waals surface area contributed by atoms with Gasteiger partial charge in [0, 0.05) is 5.56 Å². The molecule has 0 bridgehead atoms. The third kappa shape index (κ3) is 5.76. The first-order valence-electron chi connectivity index (χ1n) is 10.7.